The lowest BCUT2D eigenvalue weighted by Gasteiger charge is -2.20. The summed E-state index contributed by atoms with van der Waals surface area (Å²) in [5, 5.41) is 2.67. The fourth-order valence-electron chi connectivity index (χ4n) is 1.98. The van der Waals surface area contributed by atoms with Crippen LogP contribution in [0, 0.1) is 0 Å². The Morgan fingerprint density at radius 1 is 1.28 bits per heavy atom. The summed E-state index contributed by atoms with van der Waals surface area (Å²) in [6.07, 6.45) is 1.63. The van der Waals surface area contributed by atoms with Crippen LogP contribution in [0.3, 0.4) is 0 Å². The molecule has 1 aromatic carbocycles. The van der Waals surface area contributed by atoms with Crippen molar-refractivity contribution in [3.8, 4) is 0 Å². The van der Waals surface area contributed by atoms with Crippen molar-refractivity contribution < 1.29 is 22.7 Å². The van der Waals surface area contributed by atoms with E-state index in [1.165, 1.54) is 18.2 Å². The number of halogens is 1. The molecule has 0 aliphatic heterocycles. The largest absolute Gasteiger partial charge is 0.452 e. The van der Waals surface area contributed by atoms with E-state index >= 15 is 0 Å². The predicted octanol–water partition coefficient (Wildman–Crippen LogP) is 1.96. The number of esters is 1. The average molecular weight is 433 g/mol. The molecule has 1 saturated carbocycles. The zero-order valence-corrected chi connectivity index (χ0v) is 16.7. The van der Waals surface area contributed by atoms with Crippen LogP contribution in [0.15, 0.2) is 27.6 Å². The molecule has 1 aliphatic carbocycles. The molecule has 2 rings (SSSR count). The number of hydrogen-bond acceptors (Lipinski definition) is 5. The van der Waals surface area contributed by atoms with Crippen LogP contribution >= 0.6 is 15.9 Å². The molecule has 1 amide bonds. The molecule has 138 valence electrons. The Kier molecular flexibility index (Phi) is 5.90. The second-order valence-electron chi connectivity index (χ2n) is 6.91. The van der Waals surface area contributed by atoms with E-state index < -0.39 is 34.0 Å². The summed E-state index contributed by atoms with van der Waals surface area (Å²) in [6.45, 7) is 4.99. The number of ether oxygens (including phenoxy) is 1. The van der Waals surface area contributed by atoms with Crippen LogP contribution in [0.5, 0.6) is 0 Å². The van der Waals surface area contributed by atoms with Crippen LogP contribution in [0.25, 0.3) is 0 Å². The van der Waals surface area contributed by atoms with Crippen LogP contribution in [-0.4, -0.2) is 38.5 Å². The number of carbonyl (C=O) groups excluding carboxylic acids is 2. The molecule has 0 heterocycles. The standard InChI is InChI=1S/C16H21BrN2O5S/c1-16(2,3)18-14(20)9-24-15(21)12-8-11(6-7-13(12)17)25(22,23)19-10-4-5-10/h6-8,10,19H,4-5,9H2,1-3H3,(H,18,20). The minimum atomic E-state index is -3.68. The Morgan fingerprint density at radius 3 is 2.48 bits per heavy atom. The van der Waals surface area contributed by atoms with Gasteiger partial charge in [-0.3, -0.25) is 4.79 Å². The third kappa shape index (κ3) is 6.09. The molecule has 25 heavy (non-hydrogen) atoms. The summed E-state index contributed by atoms with van der Waals surface area (Å²) >= 11 is 3.20. The van der Waals surface area contributed by atoms with Crippen LogP contribution in [-0.2, 0) is 19.6 Å². The molecule has 0 saturated heterocycles. The molecule has 0 spiro atoms. The zero-order valence-electron chi connectivity index (χ0n) is 14.3. The van der Waals surface area contributed by atoms with Gasteiger partial charge >= 0.3 is 5.97 Å². The van der Waals surface area contributed by atoms with Crippen molar-refractivity contribution in [2.75, 3.05) is 6.61 Å². The summed E-state index contributed by atoms with van der Waals surface area (Å²) in [5.74, 6) is -1.21. The minimum absolute atomic E-state index is 0.0197. The lowest BCUT2D eigenvalue weighted by molar-refractivity contribution is -0.125. The molecule has 1 aliphatic rings. The quantitative estimate of drug-likeness (QED) is 0.668. The van der Waals surface area contributed by atoms with Gasteiger partial charge in [-0.1, -0.05) is 0 Å². The van der Waals surface area contributed by atoms with Gasteiger partial charge in [-0.25, -0.2) is 17.9 Å². The Bertz CT molecular complexity index is 782. The predicted molar refractivity (Wildman–Crippen MR) is 95.7 cm³/mol. The van der Waals surface area contributed by atoms with E-state index in [1.54, 1.807) is 0 Å². The molecular formula is C16H21BrN2O5S. The van der Waals surface area contributed by atoms with Crippen LogP contribution < -0.4 is 10.0 Å². The fourth-order valence-corrected chi connectivity index (χ4v) is 3.72. The molecular weight excluding hydrogens is 412 g/mol. The van der Waals surface area contributed by atoms with E-state index in [9.17, 15) is 18.0 Å². The van der Waals surface area contributed by atoms with E-state index in [-0.39, 0.29) is 16.5 Å². The molecule has 1 fully saturated rings. The molecule has 2 N–H and O–H groups in total. The van der Waals surface area contributed by atoms with Crippen molar-refractivity contribution in [1.82, 2.24) is 10.0 Å². The Morgan fingerprint density at radius 2 is 1.92 bits per heavy atom. The van der Waals surface area contributed by atoms with Crippen molar-refractivity contribution in [2.24, 2.45) is 0 Å². The van der Waals surface area contributed by atoms with Gasteiger partial charge in [-0.05, 0) is 67.7 Å². The topological polar surface area (TPSA) is 102 Å². The Hall–Kier alpha value is -1.45. The van der Waals surface area contributed by atoms with E-state index in [1.807, 2.05) is 20.8 Å². The maximum Gasteiger partial charge on any atom is 0.339 e. The molecule has 0 bridgehead atoms. The highest BCUT2D eigenvalue weighted by molar-refractivity contribution is 9.10. The smallest absolute Gasteiger partial charge is 0.339 e. The van der Waals surface area contributed by atoms with E-state index in [4.69, 9.17) is 4.74 Å². The second kappa shape index (κ2) is 7.43. The lowest BCUT2D eigenvalue weighted by Crippen LogP contribution is -2.42. The average Bonchev–Trinajstić information content (AvgIpc) is 3.26. The first-order valence-corrected chi connectivity index (χ1v) is 10.1. The normalized spacial score (nSPS) is 14.9. The van der Waals surface area contributed by atoms with Gasteiger partial charge in [0.05, 0.1) is 10.5 Å². The molecule has 0 radical (unpaired) electrons. The van der Waals surface area contributed by atoms with Crippen molar-refractivity contribution in [3.63, 3.8) is 0 Å². The van der Waals surface area contributed by atoms with Crippen LogP contribution in [0.4, 0.5) is 0 Å². The van der Waals surface area contributed by atoms with Gasteiger partial charge in [0.1, 0.15) is 0 Å². The van der Waals surface area contributed by atoms with Gasteiger partial charge < -0.3 is 10.1 Å². The third-order valence-electron chi connectivity index (χ3n) is 3.22. The van der Waals surface area contributed by atoms with Gasteiger partial charge in [-0.15, -0.1) is 0 Å². The summed E-state index contributed by atoms with van der Waals surface area (Å²) in [7, 11) is -3.68. The van der Waals surface area contributed by atoms with Gasteiger partial charge in [0.2, 0.25) is 10.0 Å². The third-order valence-corrected chi connectivity index (χ3v) is 5.43. The summed E-state index contributed by atoms with van der Waals surface area (Å²) in [6, 6.07) is 4.06. The Labute approximate surface area is 155 Å². The van der Waals surface area contributed by atoms with Crippen molar-refractivity contribution in [2.45, 2.75) is 50.1 Å². The number of benzene rings is 1. The molecule has 0 unspecified atom stereocenters. The molecule has 0 atom stereocenters. The fraction of sp³-hybridized carbons (Fsp3) is 0.500. The first-order valence-electron chi connectivity index (χ1n) is 7.78. The van der Waals surface area contributed by atoms with Crippen LogP contribution in [0.1, 0.15) is 44.0 Å². The number of rotatable bonds is 6. The van der Waals surface area contributed by atoms with Gasteiger partial charge in [0.25, 0.3) is 5.91 Å². The summed E-state index contributed by atoms with van der Waals surface area (Å²) < 4.78 is 32.4. The second-order valence-corrected chi connectivity index (χ2v) is 9.48. The number of hydrogen-bond donors (Lipinski definition) is 2. The highest BCUT2D eigenvalue weighted by atomic mass is 79.9. The first kappa shape index (κ1) is 19.9. The molecule has 1 aromatic rings. The zero-order chi connectivity index (χ0) is 18.8. The monoisotopic (exact) mass is 432 g/mol. The van der Waals surface area contributed by atoms with E-state index in [2.05, 4.69) is 26.0 Å². The van der Waals surface area contributed by atoms with Gasteiger partial charge in [0.15, 0.2) is 6.61 Å². The Balaban J connectivity index is 2.08. The van der Waals surface area contributed by atoms with Crippen molar-refractivity contribution >= 4 is 37.8 Å². The molecule has 7 nitrogen and oxygen atoms in total. The summed E-state index contributed by atoms with van der Waals surface area (Å²) in [5.41, 5.74) is -0.394. The summed E-state index contributed by atoms with van der Waals surface area (Å²) in [4.78, 5) is 23.9. The van der Waals surface area contributed by atoms with E-state index in [0.29, 0.717) is 4.47 Å². The first-order chi connectivity index (χ1) is 11.5. The minimum Gasteiger partial charge on any atom is -0.452 e. The van der Waals surface area contributed by atoms with Crippen molar-refractivity contribution in [1.29, 1.82) is 0 Å². The number of carbonyl (C=O) groups is 2. The molecule has 0 aromatic heterocycles. The number of amides is 1. The highest BCUT2D eigenvalue weighted by Crippen LogP contribution is 2.25. The highest BCUT2D eigenvalue weighted by Gasteiger charge is 2.29. The molecule has 9 heteroatoms. The maximum atomic E-state index is 12.2. The van der Waals surface area contributed by atoms with Crippen molar-refractivity contribution in [3.05, 3.63) is 28.2 Å². The number of nitrogens with one attached hydrogen (secondary N) is 2. The maximum absolute atomic E-state index is 12.2. The number of sulfonamides is 1. The van der Waals surface area contributed by atoms with Gasteiger partial charge in [0, 0.05) is 16.1 Å². The van der Waals surface area contributed by atoms with E-state index in [0.717, 1.165) is 12.8 Å². The SMILES string of the molecule is CC(C)(C)NC(=O)COC(=O)c1cc(S(=O)(=O)NC2CC2)ccc1Br. The van der Waals surface area contributed by atoms with Crippen LogP contribution in [0.2, 0.25) is 0 Å². The lowest BCUT2D eigenvalue weighted by atomic mass is 10.1. The van der Waals surface area contributed by atoms with Gasteiger partial charge in [-0.2, -0.15) is 0 Å².